The SMILES string of the molecule is CCC(C)(C)NC(=O)/C=C/c1ccc([N+](=O)[O-])cc1. The molecule has 19 heavy (non-hydrogen) atoms. The highest BCUT2D eigenvalue weighted by Crippen LogP contribution is 2.13. The molecule has 1 aromatic rings. The smallest absolute Gasteiger partial charge is 0.269 e. The van der Waals surface area contributed by atoms with E-state index >= 15 is 0 Å². The Labute approximate surface area is 112 Å². The Balaban J connectivity index is 2.66. The number of carbonyl (C=O) groups is 1. The maximum Gasteiger partial charge on any atom is 0.269 e. The van der Waals surface area contributed by atoms with Gasteiger partial charge in [-0.25, -0.2) is 0 Å². The van der Waals surface area contributed by atoms with Gasteiger partial charge < -0.3 is 5.32 Å². The zero-order valence-electron chi connectivity index (χ0n) is 11.3. The molecule has 0 aromatic heterocycles. The minimum Gasteiger partial charge on any atom is -0.348 e. The lowest BCUT2D eigenvalue weighted by Gasteiger charge is -2.23. The van der Waals surface area contributed by atoms with Gasteiger partial charge in [-0.05, 0) is 44.0 Å². The minimum atomic E-state index is -0.454. The standard InChI is InChI=1S/C14H18N2O3/c1-4-14(2,3)15-13(17)10-7-11-5-8-12(9-6-11)16(18)19/h5-10H,4H2,1-3H3,(H,15,17)/b10-7+. The number of rotatable bonds is 5. The minimum absolute atomic E-state index is 0.0358. The van der Waals surface area contributed by atoms with Crippen molar-refractivity contribution in [1.29, 1.82) is 0 Å². The third-order valence-corrected chi connectivity index (χ3v) is 2.88. The van der Waals surface area contributed by atoms with Crippen molar-refractivity contribution in [1.82, 2.24) is 5.32 Å². The van der Waals surface area contributed by atoms with Crippen molar-refractivity contribution in [2.24, 2.45) is 0 Å². The molecule has 0 heterocycles. The molecule has 1 rings (SSSR count). The summed E-state index contributed by atoms with van der Waals surface area (Å²) in [6.45, 7) is 5.90. The van der Waals surface area contributed by atoms with Crippen molar-refractivity contribution in [2.45, 2.75) is 32.7 Å². The molecule has 0 saturated carbocycles. The average Bonchev–Trinajstić information content (AvgIpc) is 2.36. The van der Waals surface area contributed by atoms with E-state index in [9.17, 15) is 14.9 Å². The molecule has 0 saturated heterocycles. The first-order valence-corrected chi connectivity index (χ1v) is 6.09. The number of carbonyl (C=O) groups excluding carboxylic acids is 1. The zero-order valence-corrected chi connectivity index (χ0v) is 11.3. The number of hydrogen-bond acceptors (Lipinski definition) is 3. The van der Waals surface area contributed by atoms with E-state index in [0.29, 0.717) is 0 Å². The zero-order chi connectivity index (χ0) is 14.5. The lowest BCUT2D eigenvalue weighted by atomic mass is 10.0. The normalized spacial score (nSPS) is 11.5. The van der Waals surface area contributed by atoms with Gasteiger partial charge in [0.05, 0.1) is 4.92 Å². The van der Waals surface area contributed by atoms with Crippen molar-refractivity contribution < 1.29 is 9.72 Å². The Kier molecular flexibility index (Phi) is 4.80. The first kappa shape index (κ1) is 14.9. The molecule has 0 radical (unpaired) electrons. The van der Waals surface area contributed by atoms with Crippen LogP contribution in [0.3, 0.4) is 0 Å². The number of non-ortho nitro benzene ring substituents is 1. The Morgan fingerprint density at radius 1 is 1.37 bits per heavy atom. The van der Waals surface area contributed by atoms with E-state index < -0.39 is 4.92 Å². The molecule has 1 N–H and O–H groups in total. The highest BCUT2D eigenvalue weighted by Gasteiger charge is 2.15. The van der Waals surface area contributed by atoms with E-state index in [2.05, 4.69) is 5.32 Å². The molecule has 5 nitrogen and oxygen atoms in total. The summed E-state index contributed by atoms with van der Waals surface area (Å²) in [7, 11) is 0. The first-order valence-electron chi connectivity index (χ1n) is 6.09. The van der Waals surface area contributed by atoms with Gasteiger partial charge in [-0.15, -0.1) is 0 Å². The lowest BCUT2D eigenvalue weighted by Crippen LogP contribution is -2.41. The van der Waals surface area contributed by atoms with E-state index in [1.165, 1.54) is 18.2 Å². The van der Waals surface area contributed by atoms with Crippen LogP contribution in [-0.2, 0) is 4.79 Å². The van der Waals surface area contributed by atoms with Gasteiger partial charge in [0.15, 0.2) is 0 Å². The van der Waals surface area contributed by atoms with Crippen LogP contribution in [0.2, 0.25) is 0 Å². The molecule has 1 amide bonds. The molecule has 0 aliphatic rings. The van der Waals surface area contributed by atoms with Crippen LogP contribution < -0.4 is 5.32 Å². The molecule has 0 spiro atoms. The second kappa shape index (κ2) is 6.13. The summed E-state index contributed by atoms with van der Waals surface area (Å²) in [5, 5.41) is 13.4. The van der Waals surface area contributed by atoms with Crippen LogP contribution in [0.5, 0.6) is 0 Å². The van der Waals surface area contributed by atoms with Gasteiger partial charge in [0.2, 0.25) is 5.91 Å². The summed E-state index contributed by atoms with van der Waals surface area (Å²) in [6.07, 6.45) is 3.90. The molecule has 1 aromatic carbocycles. The van der Waals surface area contributed by atoms with Crippen molar-refractivity contribution >= 4 is 17.7 Å². The molecular weight excluding hydrogens is 244 g/mol. The van der Waals surface area contributed by atoms with Crippen LogP contribution in [0.1, 0.15) is 32.8 Å². The summed E-state index contributed by atoms with van der Waals surface area (Å²) in [5.41, 5.74) is 0.542. The van der Waals surface area contributed by atoms with Crippen LogP contribution in [0, 0.1) is 10.1 Å². The molecule has 5 heteroatoms. The van der Waals surface area contributed by atoms with Crippen LogP contribution in [0.4, 0.5) is 5.69 Å². The van der Waals surface area contributed by atoms with Crippen LogP contribution in [0.15, 0.2) is 30.3 Å². The molecular formula is C14H18N2O3. The van der Waals surface area contributed by atoms with E-state index in [1.54, 1.807) is 18.2 Å². The Hall–Kier alpha value is -2.17. The second-order valence-corrected chi connectivity index (χ2v) is 4.91. The first-order chi connectivity index (χ1) is 8.84. The number of nitrogens with zero attached hydrogens (tertiary/aromatic N) is 1. The fourth-order valence-electron chi connectivity index (χ4n) is 1.34. The van der Waals surface area contributed by atoms with Gasteiger partial charge in [-0.3, -0.25) is 14.9 Å². The molecule has 0 fully saturated rings. The predicted octanol–water partition coefficient (Wildman–Crippen LogP) is 2.91. The van der Waals surface area contributed by atoms with E-state index in [4.69, 9.17) is 0 Å². The number of amides is 1. The quantitative estimate of drug-likeness (QED) is 0.503. The van der Waals surface area contributed by atoms with E-state index in [1.807, 2.05) is 20.8 Å². The summed E-state index contributed by atoms with van der Waals surface area (Å²) in [5.74, 6) is -0.176. The number of nitro groups is 1. The lowest BCUT2D eigenvalue weighted by molar-refractivity contribution is -0.384. The fourth-order valence-corrected chi connectivity index (χ4v) is 1.34. The van der Waals surface area contributed by atoms with Gasteiger partial charge in [-0.1, -0.05) is 6.92 Å². The molecule has 0 unspecified atom stereocenters. The summed E-state index contributed by atoms with van der Waals surface area (Å²) >= 11 is 0. The maximum absolute atomic E-state index is 11.7. The molecule has 0 bridgehead atoms. The Morgan fingerprint density at radius 3 is 2.42 bits per heavy atom. The topological polar surface area (TPSA) is 72.2 Å². The van der Waals surface area contributed by atoms with Crippen LogP contribution in [0.25, 0.3) is 6.08 Å². The van der Waals surface area contributed by atoms with Gasteiger partial charge in [0.25, 0.3) is 5.69 Å². The third-order valence-electron chi connectivity index (χ3n) is 2.88. The van der Waals surface area contributed by atoms with Crippen molar-refractivity contribution in [2.75, 3.05) is 0 Å². The third kappa shape index (κ3) is 4.91. The monoisotopic (exact) mass is 262 g/mol. The Morgan fingerprint density at radius 2 is 1.95 bits per heavy atom. The van der Waals surface area contributed by atoms with Gasteiger partial charge >= 0.3 is 0 Å². The van der Waals surface area contributed by atoms with Crippen molar-refractivity contribution in [3.8, 4) is 0 Å². The number of benzene rings is 1. The molecule has 102 valence electrons. The van der Waals surface area contributed by atoms with E-state index in [0.717, 1.165) is 12.0 Å². The van der Waals surface area contributed by atoms with Crippen LogP contribution >= 0.6 is 0 Å². The second-order valence-electron chi connectivity index (χ2n) is 4.91. The fraction of sp³-hybridized carbons (Fsp3) is 0.357. The summed E-state index contributed by atoms with van der Waals surface area (Å²) < 4.78 is 0. The maximum atomic E-state index is 11.7. The largest absolute Gasteiger partial charge is 0.348 e. The molecule has 0 aliphatic carbocycles. The summed E-state index contributed by atoms with van der Waals surface area (Å²) in [6, 6.07) is 6.03. The van der Waals surface area contributed by atoms with Crippen LogP contribution in [-0.4, -0.2) is 16.4 Å². The number of nitro benzene ring substituents is 1. The van der Waals surface area contributed by atoms with Gasteiger partial charge in [-0.2, -0.15) is 0 Å². The number of nitrogens with one attached hydrogen (secondary N) is 1. The highest BCUT2D eigenvalue weighted by molar-refractivity contribution is 5.92. The molecule has 0 aliphatic heterocycles. The number of hydrogen-bond donors (Lipinski definition) is 1. The predicted molar refractivity (Wildman–Crippen MR) is 74.6 cm³/mol. The van der Waals surface area contributed by atoms with Crippen molar-refractivity contribution in [3.63, 3.8) is 0 Å². The van der Waals surface area contributed by atoms with E-state index in [-0.39, 0.29) is 17.1 Å². The van der Waals surface area contributed by atoms with Gasteiger partial charge in [0, 0.05) is 23.7 Å². The van der Waals surface area contributed by atoms with Gasteiger partial charge in [0.1, 0.15) is 0 Å². The molecule has 0 atom stereocenters. The highest BCUT2D eigenvalue weighted by atomic mass is 16.6. The summed E-state index contributed by atoms with van der Waals surface area (Å²) in [4.78, 5) is 21.7. The average molecular weight is 262 g/mol. The van der Waals surface area contributed by atoms with Crippen molar-refractivity contribution in [3.05, 3.63) is 46.0 Å². The Bertz CT molecular complexity index is 490.